The molecule has 0 unspecified atom stereocenters. The molecule has 484 valence electrons. The van der Waals surface area contributed by atoms with Crippen LogP contribution in [0.3, 0.4) is 0 Å². The number of likely N-dealkylation sites (tertiary alicyclic amines) is 2. The second-order valence-electron chi connectivity index (χ2n) is 23.2. The highest BCUT2D eigenvalue weighted by molar-refractivity contribution is 6.17. The van der Waals surface area contributed by atoms with Gasteiger partial charge < -0.3 is 48.5 Å². The summed E-state index contributed by atoms with van der Waals surface area (Å²) in [5, 5.41) is 8.14. The Hall–Kier alpha value is -9.75. The number of amides is 6. The maximum atomic E-state index is 13.8. The second kappa shape index (κ2) is 32.0. The molecule has 0 radical (unpaired) electrons. The normalized spacial score (nSPS) is 15.6. The number of urea groups is 2. The third kappa shape index (κ3) is 17.9. The van der Waals surface area contributed by atoms with Crippen molar-refractivity contribution in [3.63, 3.8) is 0 Å². The Morgan fingerprint density at radius 2 is 0.753 bits per heavy atom. The van der Waals surface area contributed by atoms with Gasteiger partial charge in [0.15, 0.2) is 23.0 Å². The van der Waals surface area contributed by atoms with E-state index in [9.17, 15) is 19.2 Å². The number of halogens is 1. The lowest BCUT2D eigenvalue weighted by Crippen LogP contribution is -2.54. The first-order valence-corrected chi connectivity index (χ1v) is 31.5. The lowest BCUT2D eigenvalue weighted by atomic mass is 9.87. The van der Waals surface area contributed by atoms with E-state index < -0.39 is 11.1 Å². The van der Waals surface area contributed by atoms with Gasteiger partial charge in [-0.1, -0.05) is 133 Å². The summed E-state index contributed by atoms with van der Waals surface area (Å²) in [6.45, 7) is 6.16. The molecular formula is C74H79ClN6O12. The number of ether oxygens (including phenoxy) is 8. The van der Waals surface area contributed by atoms with Gasteiger partial charge in [-0.25, -0.2) is 9.59 Å². The number of imide groups is 2. The van der Waals surface area contributed by atoms with Crippen molar-refractivity contribution in [1.82, 2.24) is 30.7 Å². The monoisotopic (exact) mass is 1280 g/mol. The smallest absolute Gasteiger partial charge is 0.325 e. The van der Waals surface area contributed by atoms with Crippen molar-refractivity contribution < 1.29 is 57.1 Å². The van der Waals surface area contributed by atoms with Gasteiger partial charge in [-0.2, -0.15) is 0 Å². The molecule has 8 aromatic rings. The van der Waals surface area contributed by atoms with E-state index in [0.29, 0.717) is 94.9 Å². The van der Waals surface area contributed by atoms with Crippen molar-refractivity contribution in [3.05, 3.63) is 239 Å². The topological polar surface area (TPSA) is 188 Å². The summed E-state index contributed by atoms with van der Waals surface area (Å²) in [6, 6.07) is 62.3. The van der Waals surface area contributed by atoms with E-state index in [1.54, 1.807) is 28.4 Å². The molecule has 0 bridgehead atoms. The average molecular weight is 1280 g/mol. The SMILES string of the molecule is COc1cc(CN2CCC3(CC2)NC(=O)N(Cc2ccc(OCc4ccccc4)c(OCc4ccccc4)c2)C3=O)cc(OC)c1.COc1cc(CN2CCC3(CC2)NC(=O)NC3=O)cc(OC)c1.ClCc1ccc(OCc2ccccc2)c(OCc2ccccc2)c1. The van der Waals surface area contributed by atoms with E-state index in [4.69, 9.17) is 49.5 Å². The zero-order valence-electron chi connectivity index (χ0n) is 52.9. The van der Waals surface area contributed by atoms with Crippen LogP contribution in [0.25, 0.3) is 0 Å². The van der Waals surface area contributed by atoms with Crippen LogP contribution in [0.5, 0.6) is 46.0 Å². The summed E-state index contributed by atoms with van der Waals surface area (Å²) in [5.41, 5.74) is 6.62. The zero-order valence-corrected chi connectivity index (χ0v) is 53.7. The number of benzene rings is 8. The molecule has 0 saturated carbocycles. The van der Waals surface area contributed by atoms with Crippen LogP contribution in [-0.2, 0) is 61.5 Å². The molecule has 3 N–H and O–H groups in total. The molecule has 0 aromatic heterocycles. The highest BCUT2D eigenvalue weighted by Crippen LogP contribution is 2.36. The van der Waals surface area contributed by atoms with Crippen LogP contribution >= 0.6 is 11.6 Å². The predicted molar refractivity (Wildman–Crippen MR) is 355 cm³/mol. The number of alkyl halides is 1. The summed E-state index contributed by atoms with van der Waals surface area (Å²) in [7, 11) is 6.53. The van der Waals surface area contributed by atoms with Crippen molar-refractivity contribution in [2.75, 3.05) is 54.6 Å². The predicted octanol–water partition coefficient (Wildman–Crippen LogP) is 12.4. The maximum Gasteiger partial charge on any atom is 0.325 e. The Balaban J connectivity index is 0.000000169. The molecule has 6 amide bonds. The lowest BCUT2D eigenvalue weighted by Gasteiger charge is -2.37. The van der Waals surface area contributed by atoms with Crippen LogP contribution in [0.15, 0.2) is 194 Å². The molecule has 4 saturated heterocycles. The van der Waals surface area contributed by atoms with Crippen LogP contribution in [0.1, 0.15) is 70.2 Å². The van der Waals surface area contributed by atoms with Gasteiger partial charge in [0.1, 0.15) is 60.5 Å². The molecule has 4 aliphatic heterocycles. The van der Waals surface area contributed by atoms with Crippen LogP contribution in [0, 0.1) is 0 Å². The summed E-state index contributed by atoms with van der Waals surface area (Å²) in [6.07, 6.45) is 2.30. The number of methoxy groups -OCH3 is 4. The molecule has 4 fully saturated rings. The first-order valence-electron chi connectivity index (χ1n) is 31.0. The fraction of sp³-hybridized carbons (Fsp3) is 0.297. The summed E-state index contributed by atoms with van der Waals surface area (Å²) in [4.78, 5) is 56.2. The van der Waals surface area contributed by atoms with E-state index in [0.717, 1.165) is 92.9 Å². The molecule has 0 atom stereocenters. The number of hydrogen-bond acceptors (Lipinski definition) is 14. The molecule has 12 rings (SSSR count). The summed E-state index contributed by atoms with van der Waals surface area (Å²) in [5.74, 6) is 5.64. The van der Waals surface area contributed by atoms with E-state index in [-0.39, 0.29) is 30.4 Å². The van der Waals surface area contributed by atoms with Gasteiger partial charge in [0.25, 0.3) is 11.8 Å². The third-order valence-corrected chi connectivity index (χ3v) is 17.1. The van der Waals surface area contributed by atoms with Crippen molar-refractivity contribution >= 4 is 35.5 Å². The first-order chi connectivity index (χ1) is 45.3. The molecule has 4 aliphatic rings. The van der Waals surface area contributed by atoms with E-state index in [1.807, 2.05) is 194 Å². The molecule has 0 aliphatic carbocycles. The number of hydrogen-bond donors (Lipinski definition) is 3. The Morgan fingerprint density at radius 3 is 1.12 bits per heavy atom. The number of piperidine rings is 2. The van der Waals surface area contributed by atoms with Crippen LogP contribution < -0.4 is 53.8 Å². The van der Waals surface area contributed by atoms with E-state index in [1.165, 1.54) is 4.90 Å². The van der Waals surface area contributed by atoms with Gasteiger partial charge in [-0.3, -0.25) is 29.6 Å². The number of nitrogens with one attached hydrogen (secondary N) is 3. The minimum Gasteiger partial charge on any atom is -0.497 e. The highest BCUT2D eigenvalue weighted by atomic mass is 35.5. The highest BCUT2D eigenvalue weighted by Gasteiger charge is 2.52. The summed E-state index contributed by atoms with van der Waals surface area (Å²) < 4.78 is 45.7. The Morgan fingerprint density at radius 1 is 0.387 bits per heavy atom. The molecule has 4 heterocycles. The largest absolute Gasteiger partial charge is 0.497 e. The number of rotatable bonds is 23. The first kappa shape index (κ1) is 66.2. The molecule has 8 aromatic carbocycles. The fourth-order valence-corrected chi connectivity index (χ4v) is 11.7. The Kier molecular flexibility index (Phi) is 22.8. The van der Waals surface area contributed by atoms with Gasteiger partial charge in [0, 0.05) is 57.3 Å². The Bertz CT molecular complexity index is 3730. The van der Waals surface area contributed by atoms with Crippen molar-refractivity contribution in [1.29, 1.82) is 0 Å². The molecule has 19 heteroatoms. The van der Waals surface area contributed by atoms with Gasteiger partial charge in [0.2, 0.25) is 0 Å². The molecular weight excluding hydrogens is 1200 g/mol. The number of carbonyl (C=O) groups excluding carboxylic acids is 4. The molecule has 93 heavy (non-hydrogen) atoms. The van der Waals surface area contributed by atoms with E-state index in [2.05, 4.69) is 25.8 Å². The van der Waals surface area contributed by atoms with Crippen LogP contribution in [0.2, 0.25) is 0 Å². The van der Waals surface area contributed by atoms with Crippen molar-refractivity contribution in [2.24, 2.45) is 0 Å². The third-order valence-electron chi connectivity index (χ3n) is 16.8. The van der Waals surface area contributed by atoms with Crippen molar-refractivity contribution in [2.45, 2.75) is 88.7 Å². The van der Waals surface area contributed by atoms with Gasteiger partial charge in [-0.05, 0) is 119 Å². The quantitative estimate of drug-likeness (QED) is 0.0405. The van der Waals surface area contributed by atoms with Gasteiger partial charge >= 0.3 is 12.1 Å². The van der Waals surface area contributed by atoms with Gasteiger partial charge in [0.05, 0.1) is 35.0 Å². The van der Waals surface area contributed by atoms with Gasteiger partial charge in [-0.15, -0.1) is 11.6 Å². The standard InChI is InChI=1S/C37H39N3O6.C21H19ClO2.C16H21N3O4/c1-43-31-19-30(20-32(22-31)44-2)23-39-17-15-37(16-18-39)35(41)40(36(42)38-37)24-29-13-14-33(45-25-27-9-5-3-6-10-27)34(21-29)46-26-28-11-7-4-8-12-28;22-14-19-11-12-20(23-15-17-7-3-1-4-8-17)21(13-19)24-16-18-9-5-2-6-10-18;1-22-12-7-11(8-13(9-12)23-2)10-19-5-3-16(4-6-19)14(20)17-15(21)18-16/h3-14,19-22H,15-18,23-26H2,1-2H3,(H,38,42);1-13H,14-16H2;7-9H,3-6,10H2,1-2H3,(H2,17,18,20,21). The van der Waals surface area contributed by atoms with Crippen LogP contribution in [0.4, 0.5) is 9.59 Å². The average Bonchev–Trinajstić information content (AvgIpc) is 1.65. The lowest BCUT2D eigenvalue weighted by molar-refractivity contribution is -0.133. The molecule has 18 nitrogen and oxygen atoms in total. The minimum atomic E-state index is -0.898. The molecule has 2 spiro atoms. The van der Waals surface area contributed by atoms with E-state index >= 15 is 0 Å². The maximum absolute atomic E-state index is 13.8. The number of carbonyl (C=O) groups is 4. The Labute approximate surface area is 548 Å². The zero-order chi connectivity index (χ0) is 65.0. The summed E-state index contributed by atoms with van der Waals surface area (Å²) >= 11 is 5.94. The second-order valence-corrected chi connectivity index (χ2v) is 23.4. The minimum absolute atomic E-state index is 0.139. The number of nitrogens with zero attached hydrogens (tertiary/aromatic N) is 3. The van der Waals surface area contributed by atoms with Crippen molar-refractivity contribution in [3.8, 4) is 46.0 Å². The van der Waals surface area contributed by atoms with Crippen LogP contribution in [-0.4, -0.2) is 104 Å². The fourth-order valence-electron chi connectivity index (χ4n) is 11.5.